The van der Waals surface area contributed by atoms with Crippen LogP contribution in [0, 0.1) is 0 Å². The minimum atomic E-state index is -1.05. The van der Waals surface area contributed by atoms with Crippen molar-refractivity contribution in [3.05, 3.63) is 59.2 Å². The number of piperazine rings is 1. The van der Waals surface area contributed by atoms with Crippen LogP contribution >= 0.6 is 0 Å². The highest BCUT2D eigenvalue weighted by Gasteiger charge is 2.46. The van der Waals surface area contributed by atoms with E-state index in [0.717, 1.165) is 4.90 Å². The molecule has 0 spiro atoms. The molecule has 3 fully saturated rings. The van der Waals surface area contributed by atoms with Gasteiger partial charge in [-0.3, -0.25) is 43.8 Å². The summed E-state index contributed by atoms with van der Waals surface area (Å²) >= 11 is 0. The van der Waals surface area contributed by atoms with Crippen LogP contribution in [0.2, 0.25) is 0 Å². The zero-order chi connectivity index (χ0) is 32.5. The minimum Gasteiger partial charge on any atom is -0.398 e. The second-order valence-electron chi connectivity index (χ2n) is 11.9. The number of carbonyl (C=O) groups excluding carboxylic acids is 7. The van der Waals surface area contributed by atoms with Crippen molar-refractivity contribution in [2.24, 2.45) is 0 Å². The lowest BCUT2D eigenvalue weighted by Gasteiger charge is -2.37. The summed E-state index contributed by atoms with van der Waals surface area (Å²) < 4.78 is 0. The molecule has 0 radical (unpaired) electrons. The van der Waals surface area contributed by atoms with Crippen molar-refractivity contribution in [1.82, 2.24) is 25.3 Å². The summed E-state index contributed by atoms with van der Waals surface area (Å²) in [6, 6.07) is 10.5. The fraction of sp³-hybridized carbons (Fsp3) is 0.406. The maximum atomic E-state index is 13.5. The topological polar surface area (TPSA) is 183 Å². The Hall–Kier alpha value is -5.27. The molecule has 0 bridgehead atoms. The smallest absolute Gasteiger partial charge is 0.264 e. The van der Waals surface area contributed by atoms with Gasteiger partial charge in [-0.05, 0) is 37.1 Å². The van der Waals surface area contributed by atoms with E-state index in [9.17, 15) is 33.6 Å². The third-order valence-corrected chi connectivity index (χ3v) is 9.05. The molecule has 14 nitrogen and oxygen atoms in total. The Morgan fingerprint density at radius 2 is 1.54 bits per heavy atom. The first kappa shape index (κ1) is 30.7. The maximum Gasteiger partial charge on any atom is 0.264 e. The van der Waals surface area contributed by atoms with Crippen molar-refractivity contribution < 1.29 is 33.6 Å². The number of amides is 7. The van der Waals surface area contributed by atoms with E-state index in [4.69, 9.17) is 5.73 Å². The number of nitrogens with zero attached hydrogens (tertiary/aromatic N) is 4. The second kappa shape index (κ2) is 12.6. The lowest BCUT2D eigenvalue weighted by molar-refractivity contribution is -0.136. The molecule has 2 aromatic carbocycles. The molecule has 46 heavy (non-hydrogen) atoms. The number of para-hydroxylation sites is 1. The summed E-state index contributed by atoms with van der Waals surface area (Å²) in [7, 11) is 0. The van der Waals surface area contributed by atoms with Crippen LogP contribution < -0.4 is 21.3 Å². The van der Waals surface area contributed by atoms with Crippen LogP contribution in [-0.4, -0.2) is 107 Å². The first-order valence-electron chi connectivity index (χ1n) is 15.4. The van der Waals surface area contributed by atoms with Crippen LogP contribution in [0.5, 0.6) is 0 Å². The van der Waals surface area contributed by atoms with E-state index in [1.54, 1.807) is 52.3 Å². The number of anilines is 2. The van der Waals surface area contributed by atoms with Crippen molar-refractivity contribution in [3.63, 3.8) is 0 Å². The third kappa shape index (κ3) is 5.89. The largest absolute Gasteiger partial charge is 0.398 e. The van der Waals surface area contributed by atoms with E-state index < -0.39 is 29.7 Å². The molecule has 4 aliphatic rings. The molecule has 0 aromatic heterocycles. The Balaban J connectivity index is 0.993. The Bertz CT molecular complexity index is 1630. The number of piperidine rings is 1. The summed E-state index contributed by atoms with van der Waals surface area (Å²) in [4.78, 5) is 95.4. The van der Waals surface area contributed by atoms with Gasteiger partial charge in [0.05, 0.1) is 22.4 Å². The summed E-state index contributed by atoms with van der Waals surface area (Å²) in [5.74, 6) is -2.82. The highest BCUT2D eigenvalue weighted by Crippen LogP contribution is 2.34. The molecule has 14 heteroatoms. The molecule has 0 aliphatic carbocycles. The number of nitrogen functional groups attached to an aromatic ring is 1. The number of likely N-dealkylation sites (tertiary alicyclic amines) is 1. The van der Waals surface area contributed by atoms with Crippen molar-refractivity contribution in [2.45, 2.75) is 44.2 Å². The lowest BCUT2D eigenvalue weighted by atomic mass is 10.0. The predicted octanol–water partition coefficient (Wildman–Crippen LogP) is 0.130. The summed E-state index contributed by atoms with van der Waals surface area (Å²) in [5.41, 5.74) is 7.65. The molecule has 0 saturated carbocycles. The van der Waals surface area contributed by atoms with Crippen LogP contribution in [0.15, 0.2) is 42.5 Å². The van der Waals surface area contributed by atoms with Gasteiger partial charge in [0, 0.05) is 70.3 Å². The van der Waals surface area contributed by atoms with E-state index in [0.29, 0.717) is 62.6 Å². The molecule has 3 saturated heterocycles. The number of benzene rings is 2. The van der Waals surface area contributed by atoms with Gasteiger partial charge in [-0.15, -0.1) is 0 Å². The number of nitrogens with one attached hydrogen (secondary N) is 2. The van der Waals surface area contributed by atoms with Gasteiger partial charge in [-0.2, -0.15) is 0 Å². The molecule has 2 atom stereocenters. The van der Waals surface area contributed by atoms with Gasteiger partial charge in [0.25, 0.3) is 17.7 Å². The van der Waals surface area contributed by atoms with Crippen molar-refractivity contribution in [2.75, 3.05) is 49.9 Å². The Labute approximate surface area is 264 Å². The molecule has 240 valence electrons. The first-order chi connectivity index (χ1) is 22.1. The minimum absolute atomic E-state index is 0.0414. The highest BCUT2D eigenvalue weighted by atomic mass is 16.2. The SMILES string of the molecule is Nc1ccccc1C(=O)N[C@H]1CCN(C(=O)CCC(=O)N2CCN(c3cccc4c3C(=O)N(C3CCC(=O)NC3=O)C4=O)CC2)C1. The van der Waals surface area contributed by atoms with Gasteiger partial charge in [0.15, 0.2) is 0 Å². The standard InChI is InChI=1S/C32H35N7O7/c33-22-6-2-1-4-20(22)29(43)34-19-12-13-38(18-19)27(42)11-10-26(41)37-16-14-36(15-17-37)23-7-3-5-21-28(23)32(46)39(31(21)45)24-8-9-25(40)35-30(24)44/h1-7,19,24H,8-18,33H2,(H,34,43)(H,35,40,44)/t19-,24?/m0/s1. The number of hydrogen-bond acceptors (Lipinski definition) is 9. The predicted molar refractivity (Wildman–Crippen MR) is 164 cm³/mol. The summed E-state index contributed by atoms with van der Waals surface area (Å²) in [5, 5.41) is 5.14. The van der Waals surface area contributed by atoms with Crippen LogP contribution in [0.1, 0.15) is 63.2 Å². The molecule has 4 aliphatic heterocycles. The monoisotopic (exact) mass is 629 g/mol. The van der Waals surface area contributed by atoms with Gasteiger partial charge >= 0.3 is 0 Å². The molecule has 4 N–H and O–H groups in total. The van der Waals surface area contributed by atoms with Crippen LogP contribution in [-0.2, 0) is 19.2 Å². The van der Waals surface area contributed by atoms with Crippen molar-refractivity contribution >= 4 is 52.7 Å². The molecule has 6 rings (SSSR count). The molecule has 1 unspecified atom stereocenters. The Morgan fingerprint density at radius 1 is 0.826 bits per heavy atom. The Morgan fingerprint density at radius 3 is 2.26 bits per heavy atom. The van der Waals surface area contributed by atoms with E-state index in [1.807, 2.05) is 4.90 Å². The quantitative estimate of drug-likeness (QED) is 0.283. The van der Waals surface area contributed by atoms with Crippen molar-refractivity contribution in [3.8, 4) is 0 Å². The average Bonchev–Trinajstić information content (AvgIpc) is 3.62. The zero-order valence-electron chi connectivity index (χ0n) is 25.2. The lowest BCUT2D eigenvalue weighted by Crippen LogP contribution is -2.54. The van der Waals surface area contributed by atoms with Gasteiger partial charge in [-0.25, -0.2) is 0 Å². The van der Waals surface area contributed by atoms with Gasteiger partial charge < -0.3 is 25.8 Å². The number of rotatable bonds is 7. The maximum absolute atomic E-state index is 13.5. The van der Waals surface area contributed by atoms with E-state index in [1.165, 1.54) is 0 Å². The van der Waals surface area contributed by atoms with Gasteiger partial charge in [-0.1, -0.05) is 18.2 Å². The summed E-state index contributed by atoms with van der Waals surface area (Å²) in [6.07, 6.45) is 0.849. The number of imide groups is 2. The normalized spacial score (nSPS) is 21.4. The number of nitrogens with two attached hydrogens (primary N) is 1. The molecule has 7 amide bonds. The van der Waals surface area contributed by atoms with E-state index >= 15 is 0 Å². The molecule has 2 aromatic rings. The number of hydrogen-bond donors (Lipinski definition) is 3. The van der Waals surface area contributed by atoms with Gasteiger partial charge in [0.1, 0.15) is 6.04 Å². The highest BCUT2D eigenvalue weighted by molar-refractivity contribution is 6.25. The van der Waals surface area contributed by atoms with Crippen molar-refractivity contribution in [1.29, 1.82) is 0 Å². The number of carbonyl (C=O) groups is 7. The Kier molecular flexibility index (Phi) is 8.43. The fourth-order valence-corrected chi connectivity index (χ4v) is 6.56. The molecular weight excluding hydrogens is 594 g/mol. The molecule has 4 heterocycles. The second-order valence-corrected chi connectivity index (χ2v) is 11.9. The fourth-order valence-electron chi connectivity index (χ4n) is 6.56. The van der Waals surface area contributed by atoms with Crippen LogP contribution in [0.3, 0.4) is 0 Å². The number of fused-ring (bicyclic) bond motifs is 1. The third-order valence-electron chi connectivity index (χ3n) is 9.05. The molecular formula is C32H35N7O7. The van der Waals surface area contributed by atoms with E-state index in [-0.39, 0.29) is 60.6 Å². The van der Waals surface area contributed by atoms with E-state index in [2.05, 4.69) is 10.6 Å². The summed E-state index contributed by atoms with van der Waals surface area (Å²) in [6.45, 7) is 2.43. The van der Waals surface area contributed by atoms with Crippen LogP contribution in [0.4, 0.5) is 11.4 Å². The average molecular weight is 630 g/mol. The zero-order valence-corrected chi connectivity index (χ0v) is 25.2. The van der Waals surface area contributed by atoms with Gasteiger partial charge in [0.2, 0.25) is 23.6 Å². The van der Waals surface area contributed by atoms with Crippen LogP contribution in [0.25, 0.3) is 0 Å². The first-order valence-corrected chi connectivity index (χ1v) is 15.4.